The van der Waals surface area contributed by atoms with Gasteiger partial charge in [-0.25, -0.2) is 4.79 Å². The summed E-state index contributed by atoms with van der Waals surface area (Å²) >= 11 is 0. The van der Waals surface area contributed by atoms with Crippen LogP contribution in [0.25, 0.3) is 0 Å². The molecule has 7 heteroatoms. The zero-order chi connectivity index (χ0) is 16.8. The number of hydrogen-bond acceptors (Lipinski definition) is 4. The van der Waals surface area contributed by atoms with E-state index in [1.807, 2.05) is 0 Å². The van der Waals surface area contributed by atoms with E-state index in [4.69, 9.17) is 9.84 Å². The van der Waals surface area contributed by atoms with E-state index in [1.165, 1.54) is 6.08 Å². The topological polar surface area (TPSA) is 105 Å². The van der Waals surface area contributed by atoms with Crippen LogP contribution in [0.15, 0.2) is 30.9 Å². The highest BCUT2D eigenvalue weighted by Crippen LogP contribution is 2.23. The van der Waals surface area contributed by atoms with Crippen molar-refractivity contribution in [2.24, 2.45) is 0 Å². The normalized spacial score (nSPS) is 14.3. The molecule has 3 N–H and O–H groups in total. The Morgan fingerprint density at radius 3 is 2.91 bits per heavy atom. The van der Waals surface area contributed by atoms with E-state index in [2.05, 4.69) is 17.2 Å². The van der Waals surface area contributed by atoms with E-state index >= 15 is 0 Å². The fourth-order valence-electron chi connectivity index (χ4n) is 2.21. The fraction of sp³-hybridized carbons (Fsp3) is 0.312. The van der Waals surface area contributed by atoms with Gasteiger partial charge in [0.25, 0.3) is 5.91 Å². The van der Waals surface area contributed by atoms with Crippen molar-refractivity contribution in [2.45, 2.75) is 18.9 Å². The predicted molar refractivity (Wildman–Crippen MR) is 83.3 cm³/mol. The van der Waals surface area contributed by atoms with Gasteiger partial charge in [-0.1, -0.05) is 6.08 Å². The molecule has 1 aliphatic heterocycles. The maximum atomic E-state index is 12.2. The van der Waals surface area contributed by atoms with Crippen LogP contribution in [0.2, 0.25) is 0 Å². The molecular formula is C16H18N2O5. The van der Waals surface area contributed by atoms with Crippen LogP contribution < -0.4 is 10.6 Å². The quantitative estimate of drug-likeness (QED) is 0.513. The second kappa shape index (κ2) is 7.55. The molecule has 0 aromatic heterocycles. The van der Waals surface area contributed by atoms with Crippen molar-refractivity contribution in [3.63, 3.8) is 0 Å². The first-order valence-corrected chi connectivity index (χ1v) is 7.16. The summed E-state index contributed by atoms with van der Waals surface area (Å²) in [7, 11) is 0. The van der Waals surface area contributed by atoms with E-state index in [0.29, 0.717) is 24.1 Å². The molecule has 0 saturated carbocycles. The summed E-state index contributed by atoms with van der Waals surface area (Å²) in [5, 5.41) is 14.3. The monoisotopic (exact) mass is 318 g/mol. The number of carboxylic acids is 1. The van der Waals surface area contributed by atoms with Gasteiger partial charge in [0.05, 0.1) is 13.2 Å². The standard InChI is InChI=1S/C16H18N2O5/c1-2-7-23-9-13(16(21)22)18-15(20)11-3-5-12-10(8-11)4-6-14(19)17-12/h2-3,5,8,13H,1,4,6-7,9H2,(H,17,19)(H,18,20)(H,21,22). The number of hydrogen-bond donors (Lipinski definition) is 3. The zero-order valence-electron chi connectivity index (χ0n) is 12.5. The van der Waals surface area contributed by atoms with Gasteiger partial charge < -0.3 is 20.5 Å². The summed E-state index contributed by atoms with van der Waals surface area (Å²) < 4.78 is 5.08. The van der Waals surface area contributed by atoms with Crippen LogP contribution >= 0.6 is 0 Å². The maximum Gasteiger partial charge on any atom is 0.328 e. The number of fused-ring (bicyclic) bond motifs is 1. The summed E-state index contributed by atoms with van der Waals surface area (Å²) in [6.07, 6.45) is 2.41. The van der Waals surface area contributed by atoms with Gasteiger partial charge in [0.15, 0.2) is 6.04 Å². The molecule has 7 nitrogen and oxygen atoms in total. The van der Waals surface area contributed by atoms with Gasteiger partial charge in [-0.05, 0) is 30.2 Å². The van der Waals surface area contributed by atoms with Crippen LogP contribution in [0.4, 0.5) is 5.69 Å². The first-order chi connectivity index (χ1) is 11.0. The van der Waals surface area contributed by atoms with Crippen molar-refractivity contribution in [3.8, 4) is 0 Å². The SMILES string of the molecule is C=CCOCC(NC(=O)c1ccc2c(c1)CCC(=O)N2)C(=O)O. The van der Waals surface area contributed by atoms with Crippen LogP contribution in [0.3, 0.4) is 0 Å². The number of nitrogens with one attached hydrogen (secondary N) is 2. The number of rotatable bonds is 7. The van der Waals surface area contributed by atoms with E-state index < -0.39 is 17.9 Å². The highest BCUT2D eigenvalue weighted by molar-refractivity contribution is 5.99. The van der Waals surface area contributed by atoms with Crippen LogP contribution in [-0.2, 0) is 20.7 Å². The number of benzene rings is 1. The molecule has 0 saturated heterocycles. The Bertz CT molecular complexity index is 641. The molecule has 1 heterocycles. The van der Waals surface area contributed by atoms with Gasteiger partial charge in [0.1, 0.15) is 0 Å². The number of aryl methyl sites for hydroxylation is 1. The lowest BCUT2D eigenvalue weighted by Gasteiger charge is -2.18. The fourth-order valence-corrected chi connectivity index (χ4v) is 2.21. The lowest BCUT2D eigenvalue weighted by Crippen LogP contribution is -2.44. The Hall–Kier alpha value is -2.67. The van der Waals surface area contributed by atoms with Crippen molar-refractivity contribution < 1.29 is 24.2 Å². The molecule has 1 unspecified atom stereocenters. The van der Waals surface area contributed by atoms with Crippen molar-refractivity contribution in [2.75, 3.05) is 18.5 Å². The van der Waals surface area contributed by atoms with Crippen LogP contribution in [0, 0.1) is 0 Å². The average Bonchev–Trinajstić information content (AvgIpc) is 2.53. The Morgan fingerprint density at radius 2 is 2.22 bits per heavy atom. The molecule has 23 heavy (non-hydrogen) atoms. The van der Waals surface area contributed by atoms with Crippen LogP contribution in [0.5, 0.6) is 0 Å². The molecule has 0 bridgehead atoms. The minimum Gasteiger partial charge on any atom is -0.480 e. The Morgan fingerprint density at radius 1 is 1.43 bits per heavy atom. The molecular weight excluding hydrogens is 300 g/mol. The average molecular weight is 318 g/mol. The Kier molecular flexibility index (Phi) is 5.48. The predicted octanol–water partition coefficient (Wildman–Crippen LogP) is 0.957. The van der Waals surface area contributed by atoms with E-state index in [9.17, 15) is 14.4 Å². The maximum absolute atomic E-state index is 12.2. The highest BCUT2D eigenvalue weighted by Gasteiger charge is 2.22. The van der Waals surface area contributed by atoms with Crippen LogP contribution in [0.1, 0.15) is 22.3 Å². The van der Waals surface area contributed by atoms with Gasteiger partial charge >= 0.3 is 5.97 Å². The van der Waals surface area contributed by atoms with Crippen molar-refractivity contribution in [3.05, 3.63) is 42.0 Å². The molecule has 0 aliphatic carbocycles. The molecule has 1 aromatic rings. The number of aliphatic carboxylic acids is 1. The van der Waals surface area contributed by atoms with Crippen molar-refractivity contribution in [1.29, 1.82) is 0 Å². The molecule has 0 spiro atoms. The number of amides is 2. The van der Waals surface area contributed by atoms with E-state index in [0.717, 1.165) is 5.56 Å². The molecule has 0 radical (unpaired) electrons. The van der Waals surface area contributed by atoms with Gasteiger partial charge in [-0.15, -0.1) is 6.58 Å². The number of carbonyl (C=O) groups is 3. The number of carboxylic acid groups (broad SMARTS) is 1. The largest absolute Gasteiger partial charge is 0.480 e. The van der Waals surface area contributed by atoms with E-state index in [1.54, 1.807) is 18.2 Å². The molecule has 0 fully saturated rings. The summed E-state index contributed by atoms with van der Waals surface area (Å²) in [5.41, 5.74) is 1.88. The minimum atomic E-state index is -1.17. The van der Waals surface area contributed by atoms with Gasteiger partial charge in [0.2, 0.25) is 5.91 Å². The molecule has 1 aliphatic rings. The lowest BCUT2D eigenvalue weighted by atomic mass is 10.00. The zero-order valence-corrected chi connectivity index (χ0v) is 12.5. The van der Waals surface area contributed by atoms with Gasteiger partial charge in [-0.2, -0.15) is 0 Å². The van der Waals surface area contributed by atoms with Crippen LogP contribution in [-0.4, -0.2) is 42.1 Å². The van der Waals surface area contributed by atoms with Gasteiger partial charge in [-0.3, -0.25) is 9.59 Å². The first kappa shape index (κ1) is 16.7. The van der Waals surface area contributed by atoms with Crippen molar-refractivity contribution in [1.82, 2.24) is 5.32 Å². The third kappa shape index (κ3) is 4.40. The number of ether oxygens (including phenoxy) is 1. The summed E-state index contributed by atoms with van der Waals surface area (Å²) in [4.78, 5) is 34.7. The Balaban J connectivity index is 2.05. The first-order valence-electron chi connectivity index (χ1n) is 7.16. The second-order valence-electron chi connectivity index (χ2n) is 5.11. The summed E-state index contributed by atoms with van der Waals surface area (Å²) in [6, 6.07) is 3.71. The third-order valence-electron chi connectivity index (χ3n) is 3.39. The lowest BCUT2D eigenvalue weighted by molar-refractivity contribution is -0.140. The number of carbonyl (C=O) groups excluding carboxylic acids is 2. The van der Waals surface area contributed by atoms with Crippen molar-refractivity contribution >= 4 is 23.5 Å². The minimum absolute atomic E-state index is 0.0555. The highest BCUT2D eigenvalue weighted by atomic mass is 16.5. The molecule has 2 rings (SSSR count). The molecule has 1 aromatic carbocycles. The molecule has 1 atom stereocenters. The van der Waals surface area contributed by atoms with E-state index in [-0.39, 0.29) is 19.1 Å². The summed E-state index contributed by atoms with van der Waals surface area (Å²) in [6.45, 7) is 3.53. The molecule has 122 valence electrons. The summed E-state index contributed by atoms with van der Waals surface area (Å²) in [5.74, 6) is -1.73. The Labute approximate surface area is 133 Å². The number of anilines is 1. The molecule has 2 amide bonds. The second-order valence-corrected chi connectivity index (χ2v) is 5.11. The van der Waals surface area contributed by atoms with Gasteiger partial charge in [0, 0.05) is 17.7 Å². The smallest absolute Gasteiger partial charge is 0.328 e. The third-order valence-corrected chi connectivity index (χ3v) is 3.39.